The molecule has 0 radical (unpaired) electrons. The fourth-order valence-electron chi connectivity index (χ4n) is 3.57. The lowest BCUT2D eigenvalue weighted by molar-refractivity contribution is 0.0678. The van der Waals surface area contributed by atoms with Crippen LogP contribution in [0.4, 0.5) is 0 Å². The summed E-state index contributed by atoms with van der Waals surface area (Å²) >= 11 is 0. The molecule has 2 aromatic heterocycles. The van der Waals surface area contributed by atoms with Gasteiger partial charge in [-0.2, -0.15) is 0 Å². The third-order valence-corrected chi connectivity index (χ3v) is 5.05. The van der Waals surface area contributed by atoms with Crippen LogP contribution in [0.2, 0.25) is 0 Å². The maximum absolute atomic E-state index is 4.56. The molecule has 1 aliphatic rings. The summed E-state index contributed by atoms with van der Waals surface area (Å²) in [5.74, 6) is 1.18. The third-order valence-electron chi connectivity index (χ3n) is 5.05. The van der Waals surface area contributed by atoms with E-state index in [0.29, 0.717) is 12.1 Å². The maximum atomic E-state index is 4.56. The molecule has 2 aromatic rings. The number of hydrogen-bond donors (Lipinski definition) is 0. The first kappa shape index (κ1) is 16.1. The second kappa shape index (κ2) is 7.23. The van der Waals surface area contributed by atoms with Crippen LogP contribution in [-0.4, -0.2) is 50.5 Å². The number of nitrogens with zero attached hydrogens (tertiary/aromatic N) is 5. The van der Waals surface area contributed by atoms with Gasteiger partial charge in [0, 0.05) is 64.1 Å². The summed E-state index contributed by atoms with van der Waals surface area (Å²) in [7, 11) is 2.09. The number of hydrogen-bond acceptors (Lipinski definition) is 4. The lowest BCUT2D eigenvalue weighted by atomic mass is 10.1. The highest BCUT2D eigenvalue weighted by molar-refractivity contribution is 5.13. The first-order valence-corrected chi connectivity index (χ1v) is 8.56. The predicted molar refractivity (Wildman–Crippen MR) is 92.0 cm³/mol. The van der Waals surface area contributed by atoms with Gasteiger partial charge in [-0.1, -0.05) is 13.0 Å². The predicted octanol–water partition coefficient (Wildman–Crippen LogP) is 2.65. The van der Waals surface area contributed by atoms with E-state index in [4.69, 9.17) is 0 Å². The van der Waals surface area contributed by atoms with Gasteiger partial charge in [0.15, 0.2) is 0 Å². The van der Waals surface area contributed by atoms with Crippen molar-refractivity contribution in [3.05, 3.63) is 48.3 Å². The summed E-state index contributed by atoms with van der Waals surface area (Å²) in [6.07, 6.45) is 8.87. The molecule has 2 atom stereocenters. The second-order valence-corrected chi connectivity index (χ2v) is 6.35. The first-order chi connectivity index (χ1) is 11.2. The standard InChI is InChI=1S/C18H27N5/c1-4-17(18-20-8-9-21(18)3)23-12-10-22(11-13-23)15(2)16-6-5-7-19-14-16/h5-9,14-15,17H,4,10-13H2,1-3H3/t15-,17+/m1/s1. The van der Waals surface area contributed by atoms with Crippen LogP contribution in [0, 0.1) is 0 Å². The topological polar surface area (TPSA) is 37.2 Å². The van der Waals surface area contributed by atoms with Crippen molar-refractivity contribution in [3.63, 3.8) is 0 Å². The van der Waals surface area contributed by atoms with E-state index in [1.807, 2.05) is 30.9 Å². The van der Waals surface area contributed by atoms with Gasteiger partial charge in [-0.05, 0) is 25.0 Å². The van der Waals surface area contributed by atoms with Crippen LogP contribution in [0.5, 0.6) is 0 Å². The van der Waals surface area contributed by atoms with Crippen LogP contribution in [0.3, 0.4) is 0 Å². The molecule has 0 saturated carbocycles. The van der Waals surface area contributed by atoms with Crippen molar-refractivity contribution >= 4 is 0 Å². The molecular formula is C18H27N5. The van der Waals surface area contributed by atoms with E-state index < -0.39 is 0 Å². The number of piperazine rings is 1. The SMILES string of the molecule is CC[C@@H](c1nccn1C)N1CCN([C@H](C)c2cccnc2)CC1. The number of rotatable bonds is 5. The Labute approximate surface area is 139 Å². The van der Waals surface area contributed by atoms with Gasteiger partial charge in [0.2, 0.25) is 0 Å². The van der Waals surface area contributed by atoms with Gasteiger partial charge in [-0.3, -0.25) is 14.8 Å². The van der Waals surface area contributed by atoms with E-state index in [0.717, 1.165) is 32.6 Å². The Morgan fingerprint density at radius 1 is 1.13 bits per heavy atom. The van der Waals surface area contributed by atoms with Crippen molar-refractivity contribution < 1.29 is 0 Å². The Hall–Kier alpha value is -1.72. The molecule has 1 saturated heterocycles. The van der Waals surface area contributed by atoms with Gasteiger partial charge in [-0.25, -0.2) is 4.98 Å². The summed E-state index contributed by atoms with van der Waals surface area (Å²) in [6.45, 7) is 8.91. The largest absolute Gasteiger partial charge is 0.337 e. The molecule has 1 fully saturated rings. The van der Waals surface area contributed by atoms with Crippen LogP contribution in [-0.2, 0) is 7.05 Å². The zero-order valence-electron chi connectivity index (χ0n) is 14.4. The van der Waals surface area contributed by atoms with Crippen molar-refractivity contribution in [2.45, 2.75) is 32.4 Å². The van der Waals surface area contributed by atoms with Crippen LogP contribution in [0.15, 0.2) is 36.9 Å². The van der Waals surface area contributed by atoms with Crippen LogP contribution in [0.25, 0.3) is 0 Å². The average Bonchev–Trinajstić information content (AvgIpc) is 3.02. The highest BCUT2D eigenvalue weighted by Crippen LogP contribution is 2.26. The number of imidazole rings is 1. The van der Waals surface area contributed by atoms with Crippen molar-refractivity contribution in [1.29, 1.82) is 0 Å². The minimum atomic E-state index is 0.422. The summed E-state index contributed by atoms with van der Waals surface area (Å²) in [4.78, 5) is 13.9. The van der Waals surface area contributed by atoms with Gasteiger partial charge in [0.05, 0.1) is 6.04 Å². The zero-order chi connectivity index (χ0) is 16.2. The fraction of sp³-hybridized carbons (Fsp3) is 0.556. The molecule has 0 N–H and O–H groups in total. The summed E-state index contributed by atoms with van der Waals surface area (Å²) < 4.78 is 2.15. The molecule has 0 amide bonds. The van der Waals surface area contributed by atoms with E-state index in [-0.39, 0.29) is 0 Å². The Kier molecular flexibility index (Phi) is 5.08. The minimum Gasteiger partial charge on any atom is -0.337 e. The molecule has 0 bridgehead atoms. The monoisotopic (exact) mass is 313 g/mol. The number of pyridine rings is 1. The van der Waals surface area contributed by atoms with Crippen LogP contribution >= 0.6 is 0 Å². The maximum Gasteiger partial charge on any atom is 0.125 e. The Balaban J connectivity index is 1.63. The third kappa shape index (κ3) is 3.46. The Morgan fingerprint density at radius 3 is 2.43 bits per heavy atom. The smallest absolute Gasteiger partial charge is 0.125 e. The molecule has 3 rings (SSSR count). The number of aryl methyl sites for hydroxylation is 1. The fourth-order valence-corrected chi connectivity index (χ4v) is 3.57. The normalized spacial score (nSPS) is 19.6. The van der Waals surface area contributed by atoms with Crippen molar-refractivity contribution in [2.24, 2.45) is 7.05 Å². The Morgan fingerprint density at radius 2 is 1.87 bits per heavy atom. The molecule has 5 heteroatoms. The second-order valence-electron chi connectivity index (χ2n) is 6.35. The van der Waals surface area contributed by atoms with Crippen molar-refractivity contribution in [3.8, 4) is 0 Å². The van der Waals surface area contributed by atoms with Gasteiger partial charge in [0.1, 0.15) is 5.82 Å². The Bertz CT molecular complexity index is 601. The zero-order valence-corrected chi connectivity index (χ0v) is 14.4. The molecular weight excluding hydrogens is 286 g/mol. The summed E-state index contributed by atoms with van der Waals surface area (Å²) in [6, 6.07) is 5.05. The number of aromatic nitrogens is 3. The van der Waals surface area contributed by atoms with Crippen LogP contribution < -0.4 is 0 Å². The molecule has 5 nitrogen and oxygen atoms in total. The van der Waals surface area contributed by atoms with Gasteiger partial charge < -0.3 is 4.57 Å². The lowest BCUT2D eigenvalue weighted by Gasteiger charge is -2.41. The summed E-state index contributed by atoms with van der Waals surface area (Å²) in [5.41, 5.74) is 1.30. The van der Waals surface area contributed by atoms with E-state index >= 15 is 0 Å². The van der Waals surface area contributed by atoms with Gasteiger partial charge >= 0.3 is 0 Å². The average molecular weight is 313 g/mol. The van der Waals surface area contributed by atoms with E-state index in [1.165, 1.54) is 11.4 Å². The quantitative estimate of drug-likeness (QED) is 0.850. The highest BCUT2D eigenvalue weighted by atomic mass is 15.3. The molecule has 0 unspecified atom stereocenters. The lowest BCUT2D eigenvalue weighted by Crippen LogP contribution is -2.48. The molecule has 1 aliphatic heterocycles. The van der Waals surface area contributed by atoms with E-state index in [2.05, 4.69) is 51.3 Å². The van der Waals surface area contributed by atoms with Crippen molar-refractivity contribution in [1.82, 2.24) is 24.3 Å². The molecule has 3 heterocycles. The molecule has 0 aromatic carbocycles. The molecule has 0 aliphatic carbocycles. The summed E-state index contributed by atoms with van der Waals surface area (Å²) in [5, 5.41) is 0. The molecule has 124 valence electrons. The van der Waals surface area contributed by atoms with Gasteiger partial charge in [-0.15, -0.1) is 0 Å². The first-order valence-electron chi connectivity index (χ1n) is 8.56. The van der Waals surface area contributed by atoms with Gasteiger partial charge in [0.25, 0.3) is 0 Å². The van der Waals surface area contributed by atoms with E-state index in [9.17, 15) is 0 Å². The molecule has 0 spiro atoms. The highest BCUT2D eigenvalue weighted by Gasteiger charge is 2.28. The van der Waals surface area contributed by atoms with Crippen molar-refractivity contribution in [2.75, 3.05) is 26.2 Å². The van der Waals surface area contributed by atoms with Crippen LogP contribution in [0.1, 0.15) is 43.7 Å². The molecule has 23 heavy (non-hydrogen) atoms. The van der Waals surface area contributed by atoms with E-state index in [1.54, 1.807) is 0 Å². The minimum absolute atomic E-state index is 0.422.